The molecule has 1 saturated heterocycles. The van der Waals surface area contributed by atoms with Crippen LogP contribution in [0.1, 0.15) is 0 Å². The monoisotopic (exact) mass is 344 g/mol. The van der Waals surface area contributed by atoms with Gasteiger partial charge in [-0.3, -0.25) is 0 Å². The maximum Gasteiger partial charge on any atom is 0.187 e. The van der Waals surface area contributed by atoms with Gasteiger partial charge in [0.15, 0.2) is 6.29 Å². The predicted octanol–water partition coefficient (Wildman–Crippen LogP) is -5.76. The zero-order chi connectivity index (χ0) is 17.7. The molecular weight excluding hydrogens is 320 g/mol. The number of aliphatic hydroxyl groups is 9. The van der Waals surface area contributed by atoms with Crippen molar-refractivity contribution in [1.29, 1.82) is 0 Å². The van der Waals surface area contributed by atoms with Crippen molar-refractivity contribution in [3.8, 4) is 0 Å². The van der Waals surface area contributed by atoms with E-state index in [-0.39, 0.29) is 0 Å². The predicted molar refractivity (Wildman–Crippen MR) is 70.8 cm³/mol. The van der Waals surface area contributed by atoms with Crippen LogP contribution in [0.4, 0.5) is 0 Å². The van der Waals surface area contributed by atoms with Crippen molar-refractivity contribution in [2.45, 2.75) is 55.1 Å². The molecule has 1 rings (SSSR count). The molecule has 0 amide bonds. The zero-order valence-electron chi connectivity index (χ0n) is 12.2. The topological polar surface area (TPSA) is 201 Å². The molecule has 0 aliphatic carbocycles. The van der Waals surface area contributed by atoms with Gasteiger partial charge in [-0.2, -0.15) is 0 Å². The van der Waals surface area contributed by atoms with Crippen molar-refractivity contribution >= 4 is 0 Å². The third-order valence-electron chi connectivity index (χ3n) is 3.62. The Bertz CT molecular complexity index is 341. The first kappa shape index (κ1) is 20.6. The average Bonchev–Trinajstić information content (AvgIpc) is 2.57. The number of aliphatic hydroxyl groups excluding tert-OH is 9. The highest BCUT2D eigenvalue weighted by molar-refractivity contribution is 4.91. The fraction of sp³-hybridized carbons (Fsp3) is 1.00. The van der Waals surface area contributed by atoms with Gasteiger partial charge in [0.05, 0.1) is 19.8 Å². The molecule has 1 aliphatic rings. The Balaban J connectivity index is 2.89. The fourth-order valence-electron chi connectivity index (χ4n) is 2.16. The number of ether oxygens (including phenoxy) is 2. The van der Waals surface area contributed by atoms with Gasteiger partial charge in [-0.05, 0) is 0 Å². The van der Waals surface area contributed by atoms with Crippen LogP contribution in [-0.4, -0.2) is 121 Å². The van der Waals surface area contributed by atoms with Crippen molar-refractivity contribution in [1.82, 2.24) is 0 Å². The summed E-state index contributed by atoms with van der Waals surface area (Å²) in [6.45, 7) is -2.45. The summed E-state index contributed by atoms with van der Waals surface area (Å²) in [5, 5.41) is 84.9. The molecule has 11 nitrogen and oxygen atoms in total. The van der Waals surface area contributed by atoms with E-state index in [1.165, 1.54) is 0 Å². The molecule has 0 aromatic heterocycles. The number of rotatable bonds is 8. The molecule has 0 saturated carbocycles. The van der Waals surface area contributed by atoms with E-state index < -0.39 is 74.9 Å². The first-order chi connectivity index (χ1) is 10.8. The van der Waals surface area contributed by atoms with Gasteiger partial charge in [0.1, 0.15) is 48.8 Å². The largest absolute Gasteiger partial charge is 0.394 e. The summed E-state index contributed by atoms with van der Waals surface area (Å²) in [6.07, 6.45) is -15.1. The number of hydrogen-bond donors (Lipinski definition) is 9. The van der Waals surface area contributed by atoms with Gasteiger partial charge in [-0.25, -0.2) is 0 Å². The first-order valence-corrected chi connectivity index (χ1v) is 7.00. The lowest BCUT2D eigenvalue weighted by atomic mass is 9.98. The van der Waals surface area contributed by atoms with Crippen LogP contribution in [0.5, 0.6) is 0 Å². The summed E-state index contributed by atoms with van der Waals surface area (Å²) >= 11 is 0. The van der Waals surface area contributed by atoms with E-state index >= 15 is 0 Å². The summed E-state index contributed by atoms with van der Waals surface area (Å²) in [6, 6.07) is 0. The Morgan fingerprint density at radius 2 is 1.39 bits per heavy atom. The molecular formula is C12H24O11. The van der Waals surface area contributed by atoms with E-state index in [2.05, 4.69) is 0 Å². The lowest BCUT2D eigenvalue weighted by molar-refractivity contribution is -0.327. The van der Waals surface area contributed by atoms with E-state index in [1.807, 2.05) is 0 Å². The smallest absolute Gasteiger partial charge is 0.187 e. The molecule has 0 unspecified atom stereocenters. The quantitative estimate of drug-likeness (QED) is 0.203. The third kappa shape index (κ3) is 4.78. The molecule has 0 aromatic carbocycles. The normalized spacial score (nSPS) is 37.2. The Labute approximate surface area is 131 Å². The van der Waals surface area contributed by atoms with E-state index in [0.29, 0.717) is 0 Å². The van der Waals surface area contributed by atoms with Crippen molar-refractivity contribution < 1.29 is 55.4 Å². The Hall–Kier alpha value is -0.440. The molecule has 0 bridgehead atoms. The van der Waals surface area contributed by atoms with Crippen LogP contribution >= 0.6 is 0 Å². The Morgan fingerprint density at radius 3 is 1.87 bits per heavy atom. The highest BCUT2D eigenvalue weighted by Crippen LogP contribution is 2.24. The van der Waals surface area contributed by atoms with Crippen LogP contribution in [0.2, 0.25) is 0 Å². The molecule has 9 atom stereocenters. The van der Waals surface area contributed by atoms with Gasteiger partial charge in [-0.15, -0.1) is 0 Å². The minimum Gasteiger partial charge on any atom is -0.394 e. The molecule has 0 radical (unpaired) electrons. The molecule has 1 heterocycles. The van der Waals surface area contributed by atoms with Crippen molar-refractivity contribution in [3.63, 3.8) is 0 Å². The third-order valence-corrected chi connectivity index (χ3v) is 3.62. The highest BCUT2D eigenvalue weighted by Gasteiger charge is 2.46. The van der Waals surface area contributed by atoms with Crippen LogP contribution in [0.25, 0.3) is 0 Å². The minimum absolute atomic E-state index is 0.708. The standard InChI is InChI=1S/C12H24O11/c13-1-4(16)7(18)11(5(17)2-14)23-12-10(21)9(20)8(19)6(3-15)22-12/h4-21H,1-3H2/t4-,5-,6-,7-,8-,9+,10-,11-,12+/m0/s1. The van der Waals surface area contributed by atoms with Crippen LogP contribution in [0, 0.1) is 0 Å². The molecule has 11 heteroatoms. The molecule has 0 aromatic rings. The Morgan fingerprint density at radius 1 is 0.826 bits per heavy atom. The summed E-state index contributed by atoms with van der Waals surface area (Å²) < 4.78 is 10.1. The van der Waals surface area contributed by atoms with Crippen molar-refractivity contribution in [2.75, 3.05) is 19.8 Å². The molecule has 138 valence electrons. The maximum atomic E-state index is 9.83. The molecule has 0 spiro atoms. The molecule has 1 aliphatic heterocycles. The van der Waals surface area contributed by atoms with Crippen LogP contribution in [0.3, 0.4) is 0 Å². The summed E-state index contributed by atoms with van der Waals surface area (Å²) in [5.74, 6) is 0. The molecule has 1 fully saturated rings. The van der Waals surface area contributed by atoms with Gasteiger partial charge >= 0.3 is 0 Å². The van der Waals surface area contributed by atoms with Crippen LogP contribution in [0.15, 0.2) is 0 Å². The lowest BCUT2D eigenvalue weighted by Crippen LogP contribution is -2.61. The van der Waals surface area contributed by atoms with E-state index in [1.54, 1.807) is 0 Å². The maximum absolute atomic E-state index is 9.83. The number of hydrogen-bond acceptors (Lipinski definition) is 11. The SMILES string of the molecule is OC[C@@H]1O[C@H](O[C@H]([C@@H](O)[C@@H](O)CO)[C@@H](O)CO)[C@@H](O)[C@H](O)[C@H]1O. The summed E-state index contributed by atoms with van der Waals surface area (Å²) in [5.41, 5.74) is 0. The second kappa shape index (κ2) is 9.15. The van der Waals surface area contributed by atoms with E-state index in [9.17, 15) is 30.6 Å². The average molecular weight is 344 g/mol. The highest BCUT2D eigenvalue weighted by atomic mass is 16.7. The van der Waals surface area contributed by atoms with Gasteiger partial charge in [0, 0.05) is 0 Å². The zero-order valence-corrected chi connectivity index (χ0v) is 12.2. The second-order valence-corrected chi connectivity index (χ2v) is 5.29. The van der Waals surface area contributed by atoms with Crippen molar-refractivity contribution in [3.05, 3.63) is 0 Å². The van der Waals surface area contributed by atoms with Crippen LogP contribution in [-0.2, 0) is 9.47 Å². The summed E-state index contributed by atoms with van der Waals surface area (Å²) in [7, 11) is 0. The van der Waals surface area contributed by atoms with E-state index in [0.717, 1.165) is 0 Å². The Kier molecular flexibility index (Phi) is 8.20. The van der Waals surface area contributed by atoms with Gasteiger partial charge in [-0.1, -0.05) is 0 Å². The second-order valence-electron chi connectivity index (χ2n) is 5.29. The van der Waals surface area contributed by atoms with E-state index in [4.69, 9.17) is 24.8 Å². The van der Waals surface area contributed by atoms with Crippen LogP contribution < -0.4 is 0 Å². The molecule has 9 N–H and O–H groups in total. The lowest BCUT2D eigenvalue weighted by Gasteiger charge is -2.42. The van der Waals surface area contributed by atoms with Gasteiger partial charge in [0.25, 0.3) is 0 Å². The van der Waals surface area contributed by atoms with Gasteiger partial charge < -0.3 is 55.4 Å². The first-order valence-electron chi connectivity index (χ1n) is 7.00. The minimum atomic E-state index is -1.85. The molecule has 23 heavy (non-hydrogen) atoms. The van der Waals surface area contributed by atoms with Gasteiger partial charge in [0.2, 0.25) is 0 Å². The fourth-order valence-corrected chi connectivity index (χ4v) is 2.16. The van der Waals surface area contributed by atoms with Crippen molar-refractivity contribution in [2.24, 2.45) is 0 Å². The summed E-state index contributed by atoms with van der Waals surface area (Å²) in [4.78, 5) is 0.